The molecule has 1 rings (SSSR count). The molecular formula is C10H16N4O. The lowest BCUT2D eigenvalue weighted by atomic mass is 10.5. The molecule has 15 heavy (non-hydrogen) atoms. The maximum atomic E-state index is 4.91. The molecule has 0 atom stereocenters. The maximum absolute atomic E-state index is 4.91. The summed E-state index contributed by atoms with van der Waals surface area (Å²) in [7, 11) is 1.68. The Balaban J connectivity index is 2.28. The Morgan fingerprint density at radius 2 is 2.47 bits per heavy atom. The molecule has 0 aromatic carbocycles. The first-order chi connectivity index (χ1) is 7.36. The SMILES string of the molecule is CC#CCn1cnc(CNCCOC)n1. The number of rotatable bonds is 6. The van der Waals surface area contributed by atoms with Crippen LogP contribution in [0.3, 0.4) is 0 Å². The zero-order valence-corrected chi connectivity index (χ0v) is 9.16. The minimum atomic E-state index is 0.599. The van der Waals surface area contributed by atoms with Gasteiger partial charge in [0.25, 0.3) is 0 Å². The minimum absolute atomic E-state index is 0.599. The van der Waals surface area contributed by atoms with E-state index in [1.807, 2.05) is 6.92 Å². The number of aromatic nitrogens is 3. The van der Waals surface area contributed by atoms with Gasteiger partial charge in [0.05, 0.1) is 13.2 Å². The molecule has 1 N–H and O–H groups in total. The molecule has 0 aliphatic heterocycles. The Kier molecular flexibility index (Phi) is 5.44. The van der Waals surface area contributed by atoms with Crippen molar-refractivity contribution >= 4 is 0 Å². The zero-order chi connectivity index (χ0) is 10.9. The first kappa shape index (κ1) is 11.7. The average Bonchev–Trinajstić information content (AvgIpc) is 2.69. The van der Waals surface area contributed by atoms with Crippen molar-refractivity contribution in [3.63, 3.8) is 0 Å². The second-order valence-corrected chi connectivity index (χ2v) is 2.95. The fourth-order valence-electron chi connectivity index (χ4n) is 1.02. The van der Waals surface area contributed by atoms with E-state index in [0.29, 0.717) is 19.7 Å². The highest BCUT2D eigenvalue weighted by Gasteiger charge is 1.98. The molecule has 0 aliphatic rings. The van der Waals surface area contributed by atoms with E-state index in [0.717, 1.165) is 12.4 Å². The Labute approximate surface area is 89.8 Å². The fraction of sp³-hybridized carbons (Fsp3) is 0.600. The van der Waals surface area contributed by atoms with E-state index in [-0.39, 0.29) is 0 Å². The minimum Gasteiger partial charge on any atom is -0.383 e. The second kappa shape index (κ2) is 6.98. The van der Waals surface area contributed by atoms with Gasteiger partial charge in [-0.3, -0.25) is 0 Å². The molecule has 1 heterocycles. The van der Waals surface area contributed by atoms with Crippen LogP contribution in [0.2, 0.25) is 0 Å². The molecule has 0 radical (unpaired) electrons. The van der Waals surface area contributed by atoms with Crippen LogP contribution in [0.4, 0.5) is 0 Å². The van der Waals surface area contributed by atoms with Gasteiger partial charge in [-0.2, -0.15) is 5.10 Å². The molecule has 1 aromatic rings. The van der Waals surface area contributed by atoms with Crippen molar-refractivity contribution in [3.05, 3.63) is 12.2 Å². The van der Waals surface area contributed by atoms with Gasteiger partial charge in [-0.25, -0.2) is 9.67 Å². The first-order valence-corrected chi connectivity index (χ1v) is 4.84. The van der Waals surface area contributed by atoms with Crippen molar-refractivity contribution in [3.8, 4) is 11.8 Å². The van der Waals surface area contributed by atoms with Crippen molar-refractivity contribution in [2.75, 3.05) is 20.3 Å². The highest BCUT2D eigenvalue weighted by molar-refractivity contribution is 4.95. The lowest BCUT2D eigenvalue weighted by molar-refractivity contribution is 0.199. The van der Waals surface area contributed by atoms with Gasteiger partial charge < -0.3 is 10.1 Å². The summed E-state index contributed by atoms with van der Waals surface area (Å²) in [5.41, 5.74) is 0. The van der Waals surface area contributed by atoms with E-state index < -0.39 is 0 Å². The predicted molar refractivity (Wildman–Crippen MR) is 57.1 cm³/mol. The standard InChI is InChI=1S/C10H16N4O/c1-3-4-6-14-9-12-10(13-14)8-11-5-7-15-2/h9,11H,5-8H2,1-2H3. The third-order valence-electron chi connectivity index (χ3n) is 1.77. The van der Waals surface area contributed by atoms with Crippen LogP contribution in [0.15, 0.2) is 6.33 Å². The Hall–Kier alpha value is -1.38. The lowest BCUT2D eigenvalue weighted by Gasteiger charge is -1.99. The topological polar surface area (TPSA) is 52.0 Å². The van der Waals surface area contributed by atoms with E-state index in [2.05, 4.69) is 27.2 Å². The monoisotopic (exact) mass is 208 g/mol. The van der Waals surface area contributed by atoms with Gasteiger partial charge in [-0.1, -0.05) is 5.92 Å². The Morgan fingerprint density at radius 3 is 3.20 bits per heavy atom. The van der Waals surface area contributed by atoms with Gasteiger partial charge in [0.2, 0.25) is 0 Å². The fourth-order valence-corrected chi connectivity index (χ4v) is 1.02. The number of ether oxygens (including phenoxy) is 1. The van der Waals surface area contributed by atoms with E-state index >= 15 is 0 Å². The number of nitrogens with one attached hydrogen (secondary N) is 1. The van der Waals surface area contributed by atoms with E-state index in [4.69, 9.17) is 4.74 Å². The molecule has 1 aromatic heterocycles. The molecule has 0 amide bonds. The summed E-state index contributed by atoms with van der Waals surface area (Å²) in [5.74, 6) is 6.52. The van der Waals surface area contributed by atoms with Crippen LogP contribution in [0.1, 0.15) is 12.7 Å². The van der Waals surface area contributed by atoms with Crippen LogP contribution in [0.25, 0.3) is 0 Å². The molecule has 5 nitrogen and oxygen atoms in total. The Bertz CT molecular complexity index is 337. The maximum Gasteiger partial charge on any atom is 0.164 e. The summed E-state index contributed by atoms with van der Waals surface area (Å²) in [5, 5.41) is 7.42. The summed E-state index contributed by atoms with van der Waals surface area (Å²) in [6.07, 6.45) is 1.69. The number of hydrogen-bond donors (Lipinski definition) is 1. The van der Waals surface area contributed by atoms with E-state index in [1.165, 1.54) is 0 Å². The van der Waals surface area contributed by atoms with Crippen LogP contribution in [-0.4, -0.2) is 35.0 Å². The largest absolute Gasteiger partial charge is 0.383 e. The van der Waals surface area contributed by atoms with Gasteiger partial charge in [0.1, 0.15) is 12.9 Å². The molecule has 0 unspecified atom stereocenters. The van der Waals surface area contributed by atoms with Crippen LogP contribution < -0.4 is 5.32 Å². The first-order valence-electron chi connectivity index (χ1n) is 4.84. The van der Waals surface area contributed by atoms with Crippen LogP contribution in [0, 0.1) is 11.8 Å². The van der Waals surface area contributed by atoms with Gasteiger partial charge in [-0.05, 0) is 6.92 Å². The normalized spacial score (nSPS) is 9.73. The predicted octanol–water partition coefficient (Wildman–Crippen LogP) is 0.0374. The van der Waals surface area contributed by atoms with Crippen molar-refractivity contribution in [2.45, 2.75) is 20.0 Å². The van der Waals surface area contributed by atoms with Crippen molar-refractivity contribution < 1.29 is 4.74 Å². The lowest BCUT2D eigenvalue weighted by Crippen LogP contribution is -2.19. The molecular weight excluding hydrogens is 192 g/mol. The molecule has 82 valence electrons. The summed E-state index contributed by atoms with van der Waals surface area (Å²) in [4.78, 5) is 4.15. The quantitative estimate of drug-likeness (QED) is 0.529. The average molecular weight is 208 g/mol. The van der Waals surface area contributed by atoms with Crippen LogP contribution in [0.5, 0.6) is 0 Å². The summed E-state index contributed by atoms with van der Waals surface area (Å²) < 4.78 is 6.64. The van der Waals surface area contributed by atoms with Crippen LogP contribution in [-0.2, 0) is 17.8 Å². The highest BCUT2D eigenvalue weighted by atomic mass is 16.5. The summed E-state index contributed by atoms with van der Waals surface area (Å²) in [6, 6.07) is 0. The van der Waals surface area contributed by atoms with E-state index in [1.54, 1.807) is 18.1 Å². The molecule has 0 fully saturated rings. The molecule has 0 saturated carbocycles. The number of hydrogen-bond acceptors (Lipinski definition) is 4. The van der Waals surface area contributed by atoms with Gasteiger partial charge >= 0.3 is 0 Å². The molecule has 0 spiro atoms. The third-order valence-corrected chi connectivity index (χ3v) is 1.77. The van der Waals surface area contributed by atoms with Gasteiger partial charge in [0, 0.05) is 13.7 Å². The molecule has 0 saturated heterocycles. The van der Waals surface area contributed by atoms with Crippen molar-refractivity contribution in [2.24, 2.45) is 0 Å². The van der Waals surface area contributed by atoms with Crippen LogP contribution >= 0.6 is 0 Å². The smallest absolute Gasteiger partial charge is 0.164 e. The number of nitrogens with zero attached hydrogens (tertiary/aromatic N) is 3. The molecule has 0 aliphatic carbocycles. The molecule has 0 bridgehead atoms. The second-order valence-electron chi connectivity index (χ2n) is 2.95. The van der Waals surface area contributed by atoms with Crippen molar-refractivity contribution in [1.82, 2.24) is 20.1 Å². The third kappa shape index (κ3) is 4.58. The van der Waals surface area contributed by atoms with Gasteiger partial charge in [-0.15, -0.1) is 5.92 Å². The number of methoxy groups -OCH3 is 1. The van der Waals surface area contributed by atoms with Gasteiger partial charge in [0.15, 0.2) is 5.82 Å². The zero-order valence-electron chi connectivity index (χ0n) is 9.16. The summed E-state index contributed by atoms with van der Waals surface area (Å²) >= 11 is 0. The summed E-state index contributed by atoms with van der Waals surface area (Å²) in [6.45, 7) is 4.57. The Morgan fingerprint density at radius 1 is 1.60 bits per heavy atom. The van der Waals surface area contributed by atoms with E-state index in [9.17, 15) is 0 Å². The van der Waals surface area contributed by atoms with Crippen molar-refractivity contribution in [1.29, 1.82) is 0 Å². The highest BCUT2D eigenvalue weighted by Crippen LogP contribution is 1.88. The molecule has 5 heteroatoms.